The molecule has 6 heteroatoms. The van der Waals surface area contributed by atoms with Gasteiger partial charge in [0.2, 0.25) is 11.8 Å². The van der Waals surface area contributed by atoms with Crippen molar-refractivity contribution in [2.75, 3.05) is 0 Å². The van der Waals surface area contributed by atoms with Crippen LogP contribution in [0.2, 0.25) is 10.0 Å². The van der Waals surface area contributed by atoms with Gasteiger partial charge in [-0.3, -0.25) is 9.59 Å². The summed E-state index contributed by atoms with van der Waals surface area (Å²) in [6.07, 6.45) is 5.08. The predicted octanol–water partition coefficient (Wildman–Crippen LogP) is 5.40. The quantitative estimate of drug-likeness (QED) is 0.589. The van der Waals surface area contributed by atoms with Crippen LogP contribution < -0.4 is 5.32 Å². The summed E-state index contributed by atoms with van der Waals surface area (Å²) >= 11 is 12.6. The largest absolute Gasteiger partial charge is 0.352 e. The maximum absolute atomic E-state index is 13.2. The number of rotatable bonds is 8. The van der Waals surface area contributed by atoms with Crippen LogP contribution in [0.15, 0.2) is 48.5 Å². The molecule has 0 heterocycles. The highest BCUT2D eigenvalue weighted by atomic mass is 35.5. The Labute approximate surface area is 188 Å². The summed E-state index contributed by atoms with van der Waals surface area (Å²) in [5.41, 5.74) is 1.75. The van der Waals surface area contributed by atoms with E-state index in [-0.39, 0.29) is 24.3 Å². The molecule has 160 valence electrons. The third-order valence-corrected chi connectivity index (χ3v) is 6.47. The van der Waals surface area contributed by atoms with Crippen molar-refractivity contribution in [2.45, 2.75) is 64.1 Å². The van der Waals surface area contributed by atoms with Crippen LogP contribution in [0.1, 0.15) is 50.2 Å². The van der Waals surface area contributed by atoms with E-state index in [1.807, 2.05) is 42.5 Å². The van der Waals surface area contributed by atoms with E-state index in [1.165, 1.54) is 0 Å². The number of amides is 2. The number of hydrogen-bond acceptors (Lipinski definition) is 2. The second kappa shape index (κ2) is 10.8. The number of nitrogens with one attached hydrogen (secondary N) is 1. The van der Waals surface area contributed by atoms with Crippen molar-refractivity contribution in [2.24, 2.45) is 0 Å². The molecule has 30 heavy (non-hydrogen) atoms. The first-order valence-electron chi connectivity index (χ1n) is 10.5. The van der Waals surface area contributed by atoms with E-state index < -0.39 is 6.04 Å². The van der Waals surface area contributed by atoms with Gasteiger partial charge in [-0.1, -0.05) is 72.4 Å². The summed E-state index contributed by atoms with van der Waals surface area (Å²) in [6.45, 7) is 2.08. The fraction of sp³-hybridized carbons (Fsp3) is 0.417. The lowest BCUT2D eigenvalue weighted by Crippen LogP contribution is -2.49. The fourth-order valence-corrected chi connectivity index (χ4v) is 4.30. The minimum absolute atomic E-state index is 0.0936. The van der Waals surface area contributed by atoms with Crippen molar-refractivity contribution in [1.82, 2.24) is 10.2 Å². The topological polar surface area (TPSA) is 49.4 Å². The molecule has 0 unspecified atom stereocenters. The van der Waals surface area contributed by atoms with E-state index in [9.17, 15) is 9.59 Å². The first-order chi connectivity index (χ1) is 14.5. The lowest BCUT2D eigenvalue weighted by atomic mass is 10.1. The molecule has 3 rings (SSSR count). The zero-order chi connectivity index (χ0) is 21.5. The Morgan fingerprint density at radius 1 is 1.00 bits per heavy atom. The monoisotopic (exact) mass is 446 g/mol. The number of nitrogens with zero attached hydrogens (tertiary/aromatic N) is 1. The first-order valence-corrected chi connectivity index (χ1v) is 11.3. The van der Waals surface area contributed by atoms with E-state index in [1.54, 1.807) is 17.9 Å². The van der Waals surface area contributed by atoms with Gasteiger partial charge in [-0.05, 0) is 49.4 Å². The number of carbonyl (C=O) groups is 2. The number of aryl methyl sites for hydroxylation is 1. The molecule has 2 aromatic carbocycles. The average Bonchev–Trinajstić information content (AvgIpc) is 3.25. The Morgan fingerprint density at radius 3 is 2.17 bits per heavy atom. The van der Waals surface area contributed by atoms with Crippen LogP contribution in [0.5, 0.6) is 0 Å². The second-order valence-electron chi connectivity index (χ2n) is 7.87. The number of benzene rings is 2. The van der Waals surface area contributed by atoms with Gasteiger partial charge in [-0.25, -0.2) is 0 Å². The smallest absolute Gasteiger partial charge is 0.242 e. The molecule has 1 saturated carbocycles. The van der Waals surface area contributed by atoms with Gasteiger partial charge in [-0.2, -0.15) is 0 Å². The van der Waals surface area contributed by atoms with Gasteiger partial charge in [-0.15, -0.1) is 0 Å². The molecule has 1 N–H and O–H groups in total. The Bertz CT molecular complexity index is 881. The van der Waals surface area contributed by atoms with E-state index in [0.29, 0.717) is 23.0 Å². The van der Waals surface area contributed by atoms with Gasteiger partial charge in [0.1, 0.15) is 6.04 Å². The van der Waals surface area contributed by atoms with Crippen LogP contribution in [0, 0.1) is 0 Å². The molecule has 1 fully saturated rings. The summed E-state index contributed by atoms with van der Waals surface area (Å²) in [5.74, 6) is -0.205. The van der Waals surface area contributed by atoms with Crippen molar-refractivity contribution in [1.29, 1.82) is 0 Å². The standard InChI is InChI=1S/C24H28Cl2N2O2/c1-17(24(30)27-20-10-4-5-11-20)28(16-19-9-3-7-13-22(19)26)23(29)15-14-18-8-2-6-12-21(18)25/h2-3,6-9,12-13,17,20H,4-5,10-11,14-16H2,1H3,(H,27,30)/t17-/m1/s1. The minimum atomic E-state index is -0.583. The maximum Gasteiger partial charge on any atom is 0.242 e. The van der Waals surface area contributed by atoms with Crippen molar-refractivity contribution in [3.63, 3.8) is 0 Å². The number of hydrogen-bond donors (Lipinski definition) is 1. The van der Waals surface area contributed by atoms with Crippen molar-refractivity contribution in [3.8, 4) is 0 Å². The Balaban J connectivity index is 1.73. The van der Waals surface area contributed by atoms with Gasteiger partial charge < -0.3 is 10.2 Å². The molecule has 2 amide bonds. The molecule has 4 nitrogen and oxygen atoms in total. The Kier molecular flexibility index (Phi) is 8.17. The molecule has 1 aliphatic rings. The summed E-state index contributed by atoms with van der Waals surface area (Å²) in [5, 5.41) is 4.35. The van der Waals surface area contributed by atoms with E-state index in [2.05, 4.69) is 5.32 Å². The van der Waals surface area contributed by atoms with Crippen LogP contribution in [0.4, 0.5) is 0 Å². The fourth-order valence-electron chi connectivity index (χ4n) is 3.87. The average molecular weight is 447 g/mol. The zero-order valence-electron chi connectivity index (χ0n) is 17.2. The molecule has 0 aliphatic heterocycles. The molecular formula is C24H28Cl2N2O2. The van der Waals surface area contributed by atoms with Gasteiger partial charge in [0.05, 0.1) is 0 Å². The highest BCUT2D eigenvalue weighted by molar-refractivity contribution is 6.31. The molecule has 0 bridgehead atoms. The third kappa shape index (κ3) is 5.99. The van der Waals surface area contributed by atoms with Crippen LogP contribution in [0.3, 0.4) is 0 Å². The van der Waals surface area contributed by atoms with Gasteiger partial charge in [0, 0.05) is 29.1 Å². The normalized spacial score (nSPS) is 15.0. The molecule has 0 aromatic heterocycles. The van der Waals surface area contributed by atoms with E-state index in [0.717, 1.165) is 36.8 Å². The SMILES string of the molecule is C[C@H](C(=O)NC1CCCC1)N(Cc1ccccc1Cl)C(=O)CCc1ccccc1Cl. The molecule has 0 saturated heterocycles. The Hall–Kier alpha value is -2.04. The van der Waals surface area contributed by atoms with Gasteiger partial charge in [0.15, 0.2) is 0 Å². The number of halogens is 2. The highest BCUT2D eigenvalue weighted by Crippen LogP contribution is 2.22. The highest BCUT2D eigenvalue weighted by Gasteiger charge is 2.28. The van der Waals surface area contributed by atoms with Crippen molar-refractivity contribution < 1.29 is 9.59 Å². The van der Waals surface area contributed by atoms with Crippen molar-refractivity contribution in [3.05, 3.63) is 69.7 Å². The van der Waals surface area contributed by atoms with Crippen molar-refractivity contribution >= 4 is 35.0 Å². The third-order valence-electron chi connectivity index (χ3n) is 5.73. The summed E-state index contributed by atoms with van der Waals surface area (Å²) in [4.78, 5) is 27.7. The summed E-state index contributed by atoms with van der Waals surface area (Å²) < 4.78 is 0. The number of carbonyl (C=O) groups excluding carboxylic acids is 2. The predicted molar refractivity (Wildman–Crippen MR) is 122 cm³/mol. The zero-order valence-corrected chi connectivity index (χ0v) is 18.8. The van der Waals surface area contributed by atoms with Gasteiger partial charge >= 0.3 is 0 Å². The van der Waals surface area contributed by atoms with Gasteiger partial charge in [0.25, 0.3) is 0 Å². The Morgan fingerprint density at radius 2 is 1.57 bits per heavy atom. The molecule has 0 radical (unpaired) electrons. The van der Waals surface area contributed by atoms with Crippen LogP contribution in [0.25, 0.3) is 0 Å². The summed E-state index contributed by atoms with van der Waals surface area (Å²) in [6, 6.07) is 14.6. The lowest BCUT2D eigenvalue weighted by Gasteiger charge is -2.30. The van der Waals surface area contributed by atoms with Crippen LogP contribution in [-0.2, 0) is 22.6 Å². The van der Waals surface area contributed by atoms with E-state index >= 15 is 0 Å². The lowest BCUT2D eigenvalue weighted by molar-refractivity contribution is -0.140. The molecule has 2 aromatic rings. The molecular weight excluding hydrogens is 419 g/mol. The van der Waals surface area contributed by atoms with Crippen LogP contribution >= 0.6 is 23.2 Å². The molecule has 0 spiro atoms. The molecule has 1 aliphatic carbocycles. The second-order valence-corrected chi connectivity index (χ2v) is 8.68. The first kappa shape index (κ1) is 22.6. The van der Waals surface area contributed by atoms with Crippen LogP contribution in [-0.4, -0.2) is 28.8 Å². The van der Waals surface area contributed by atoms with E-state index in [4.69, 9.17) is 23.2 Å². The minimum Gasteiger partial charge on any atom is -0.352 e. The molecule has 1 atom stereocenters. The maximum atomic E-state index is 13.2. The summed E-state index contributed by atoms with van der Waals surface area (Å²) in [7, 11) is 0.